The first-order valence-corrected chi connectivity index (χ1v) is 9.00. The van der Waals surface area contributed by atoms with E-state index in [-0.39, 0.29) is 11.6 Å². The van der Waals surface area contributed by atoms with Gasteiger partial charge in [0.05, 0.1) is 12.1 Å². The molecule has 0 aliphatic carbocycles. The normalized spacial score (nSPS) is 12.1. The molecule has 8 heteroatoms. The van der Waals surface area contributed by atoms with E-state index < -0.39 is 10.0 Å². The minimum atomic E-state index is -3.62. The molecule has 21 heavy (non-hydrogen) atoms. The number of nitrogens with one attached hydrogen (secondary N) is 2. The quantitative estimate of drug-likeness (QED) is 0.773. The molecule has 2 rings (SSSR count). The van der Waals surface area contributed by atoms with Gasteiger partial charge in [0, 0.05) is 17.6 Å². The molecule has 2 aromatic heterocycles. The molecule has 0 radical (unpaired) electrons. The Morgan fingerprint density at radius 3 is 2.81 bits per heavy atom. The number of sulfonamides is 1. The van der Waals surface area contributed by atoms with Gasteiger partial charge in [-0.3, -0.25) is 4.98 Å². The molecule has 0 aromatic carbocycles. The minimum absolute atomic E-state index is 0.0617. The summed E-state index contributed by atoms with van der Waals surface area (Å²) in [5.41, 5.74) is 1.66. The fourth-order valence-corrected chi connectivity index (χ4v) is 3.23. The van der Waals surface area contributed by atoms with E-state index in [0.29, 0.717) is 18.2 Å². The van der Waals surface area contributed by atoms with E-state index in [0.717, 1.165) is 11.4 Å². The van der Waals surface area contributed by atoms with E-state index in [2.05, 4.69) is 28.9 Å². The molecule has 2 aromatic rings. The van der Waals surface area contributed by atoms with Crippen LogP contribution < -0.4 is 10.0 Å². The van der Waals surface area contributed by atoms with E-state index >= 15 is 0 Å². The summed E-state index contributed by atoms with van der Waals surface area (Å²) in [6.07, 6.45) is 1.64. The molecule has 0 aliphatic rings. The summed E-state index contributed by atoms with van der Waals surface area (Å²) < 4.78 is 32.0. The van der Waals surface area contributed by atoms with Gasteiger partial charge in [0.25, 0.3) is 10.0 Å². The second kappa shape index (κ2) is 7.17. The Morgan fingerprint density at radius 1 is 1.33 bits per heavy atom. The highest BCUT2D eigenvalue weighted by Gasteiger charge is 2.18. The van der Waals surface area contributed by atoms with Gasteiger partial charge in [-0.1, -0.05) is 13.8 Å². The topological polar surface area (TPSA) is 84.2 Å². The first-order chi connectivity index (χ1) is 9.97. The van der Waals surface area contributed by atoms with Crippen LogP contribution in [0.2, 0.25) is 0 Å². The second-order valence-corrected chi connectivity index (χ2v) is 7.71. The van der Waals surface area contributed by atoms with Crippen molar-refractivity contribution in [1.29, 1.82) is 0 Å². The molecule has 116 valence electrons. The summed E-state index contributed by atoms with van der Waals surface area (Å²) >= 11 is 1.40. The zero-order valence-corrected chi connectivity index (χ0v) is 13.6. The molecule has 0 bridgehead atoms. The lowest BCUT2D eigenvalue weighted by atomic mass is 10.2. The fraction of sp³-hybridized carbons (Fsp3) is 0.462. The molecule has 2 N–H and O–H groups in total. The van der Waals surface area contributed by atoms with Crippen molar-refractivity contribution < 1.29 is 12.8 Å². The molecule has 0 spiro atoms. The van der Waals surface area contributed by atoms with E-state index in [1.165, 1.54) is 17.4 Å². The fourth-order valence-electron chi connectivity index (χ4n) is 1.65. The van der Waals surface area contributed by atoms with Crippen LogP contribution >= 0.6 is 11.3 Å². The predicted molar refractivity (Wildman–Crippen MR) is 81.4 cm³/mol. The van der Waals surface area contributed by atoms with Crippen LogP contribution in [0.5, 0.6) is 0 Å². The average molecular weight is 329 g/mol. The molecule has 0 saturated carbocycles. The lowest BCUT2D eigenvalue weighted by Crippen LogP contribution is -2.22. The predicted octanol–water partition coefficient (Wildman–Crippen LogP) is 1.96. The summed E-state index contributed by atoms with van der Waals surface area (Å²) in [5, 5.41) is 3.14. The molecule has 0 amide bonds. The zero-order valence-electron chi connectivity index (χ0n) is 12.0. The molecule has 0 aliphatic heterocycles. The molecule has 0 fully saturated rings. The Labute approximate surface area is 128 Å². The van der Waals surface area contributed by atoms with E-state index in [4.69, 9.17) is 4.42 Å². The van der Waals surface area contributed by atoms with E-state index in [9.17, 15) is 8.42 Å². The van der Waals surface area contributed by atoms with Crippen LogP contribution in [-0.4, -0.2) is 19.9 Å². The summed E-state index contributed by atoms with van der Waals surface area (Å²) in [4.78, 5) is 4.75. The standard InChI is InChI=1S/C13H19N3O3S2/c1-10(2)5-14-6-11-3-4-13(19-11)21(17,18)16-8-12-7-15-9-20-12/h3-4,7,9-10,14,16H,5-6,8H2,1-2H3. The lowest BCUT2D eigenvalue weighted by molar-refractivity contribution is 0.394. The van der Waals surface area contributed by atoms with E-state index in [1.807, 2.05) is 0 Å². The van der Waals surface area contributed by atoms with Crippen LogP contribution in [0.3, 0.4) is 0 Å². The third kappa shape index (κ3) is 4.92. The van der Waals surface area contributed by atoms with Gasteiger partial charge in [-0.2, -0.15) is 0 Å². The number of furan rings is 1. The van der Waals surface area contributed by atoms with Crippen molar-refractivity contribution in [3.05, 3.63) is 34.5 Å². The number of rotatable bonds is 8. The SMILES string of the molecule is CC(C)CNCc1ccc(S(=O)(=O)NCc2cncs2)o1. The number of aromatic nitrogens is 1. The van der Waals surface area contributed by atoms with Gasteiger partial charge in [0.1, 0.15) is 5.76 Å². The van der Waals surface area contributed by atoms with Crippen molar-refractivity contribution in [1.82, 2.24) is 15.0 Å². The summed E-state index contributed by atoms with van der Waals surface area (Å²) in [6.45, 7) is 5.80. The Bertz CT molecular complexity index is 648. The van der Waals surface area contributed by atoms with Crippen molar-refractivity contribution in [2.75, 3.05) is 6.54 Å². The Kier molecular flexibility index (Phi) is 5.51. The van der Waals surface area contributed by atoms with Crippen molar-refractivity contribution in [2.45, 2.75) is 32.0 Å². The Hall–Kier alpha value is -1.22. The first-order valence-electron chi connectivity index (χ1n) is 6.64. The van der Waals surface area contributed by atoms with Gasteiger partial charge in [0.15, 0.2) is 0 Å². The Morgan fingerprint density at radius 2 is 2.14 bits per heavy atom. The number of nitrogens with zero attached hydrogens (tertiary/aromatic N) is 1. The number of hydrogen-bond donors (Lipinski definition) is 2. The smallest absolute Gasteiger partial charge is 0.274 e. The van der Waals surface area contributed by atoms with Crippen LogP contribution in [-0.2, 0) is 23.1 Å². The maximum atomic E-state index is 12.1. The average Bonchev–Trinajstić information content (AvgIpc) is 3.07. The monoisotopic (exact) mass is 329 g/mol. The molecule has 6 nitrogen and oxygen atoms in total. The van der Waals surface area contributed by atoms with Gasteiger partial charge in [0.2, 0.25) is 5.09 Å². The number of thiazole rings is 1. The maximum Gasteiger partial charge on any atom is 0.274 e. The van der Waals surface area contributed by atoms with Gasteiger partial charge >= 0.3 is 0 Å². The number of hydrogen-bond acceptors (Lipinski definition) is 6. The van der Waals surface area contributed by atoms with Crippen LogP contribution in [0, 0.1) is 5.92 Å². The van der Waals surface area contributed by atoms with Crippen molar-refractivity contribution in [3.63, 3.8) is 0 Å². The van der Waals surface area contributed by atoms with E-state index in [1.54, 1.807) is 17.8 Å². The zero-order chi connectivity index (χ0) is 15.3. The highest BCUT2D eigenvalue weighted by atomic mass is 32.2. The largest absolute Gasteiger partial charge is 0.447 e. The van der Waals surface area contributed by atoms with Crippen molar-refractivity contribution in [2.24, 2.45) is 5.92 Å². The molecular weight excluding hydrogens is 310 g/mol. The highest BCUT2D eigenvalue weighted by Crippen LogP contribution is 2.15. The van der Waals surface area contributed by atoms with Crippen molar-refractivity contribution in [3.8, 4) is 0 Å². The second-order valence-electron chi connectivity index (χ2n) is 5.04. The van der Waals surface area contributed by atoms with Crippen LogP contribution in [0.15, 0.2) is 33.3 Å². The maximum absolute atomic E-state index is 12.1. The van der Waals surface area contributed by atoms with Gasteiger partial charge in [-0.05, 0) is 24.6 Å². The molecular formula is C13H19N3O3S2. The van der Waals surface area contributed by atoms with Gasteiger partial charge in [-0.25, -0.2) is 13.1 Å². The lowest BCUT2D eigenvalue weighted by Gasteiger charge is -2.05. The molecule has 2 heterocycles. The third-order valence-electron chi connectivity index (χ3n) is 2.67. The summed E-state index contributed by atoms with van der Waals surface area (Å²) in [6, 6.07) is 3.15. The van der Waals surface area contributed by atoms with Crippen LogP contribution in [0.1, 0.15) is 24.5 Å². The Balaban J connectivity index is 1.92. The molecule has 0 saturated heterocycles. The van der Waals surface area contributed by atoms with Crippen LogP contribution in [0.25, 0.3) is 0 Å². The highest BCUT2D eigenvalue weighted by molar-refractivity contribution is 7.89. The van der Waals surface area contributed by atoms with Gasteiger partial charge in [-0.15, -0.1) is 11.3 Å². The third-order valence-corrected chi connectivity index (χ3v) is 4.73. The molecule has 0 atom stereocenters. The summed E-state index contributed by atoms with van der Waals surface area (Å²) in [5.74, 6) is 1.14. The van der Waals surface area contributed by atoms with Crippen molar-refractivity contribution >= 4 is 21.4 Å². The van der Waals surface area contributed by atoms with Gasteiger partial charge < -0.3 is 9.73 Å². The molecule has 0 unspecified atom stereocenters. The summed E-state index contributed by atoms with van der Waals surface area (Å²) in [7, 11) is -3.62. The minimum Gasteiger partial charge on any atom is -0.447 e. The van der Waals surface area contributed by atoms with Crippen LogP contribution in [0.4, 0.5) is 0 Å². The first kappa shape index (κ1) is 16.2.